The quantitative estimate of drug-likeness (QED) is 0.777. The number of anilines is 3. The van der Waals surface area contributed by atoms with E-state index in [1.807, 2.05) is 37.3 Å². The molecule has 0 fully saturated rings. The monoisotopic (exact) mass is 229 g/mol. The molecular weight excluding hydrogens is 218 g/mol. The van der Waals surface area contributed by atoms with Crippen LogP contribution in [0, 0.1) is 18.3 Å². The average molecular weight is 229 g/mol. The van der Waals surface area contributed by atoms with Crippen LogP contribution in [-0.2, 0) is 0 Å². The van der Waals surface area contributed by atoms with Gasteiger partial charge in [-0.15, -0.1) is 11.3 Å². The Morgan fingerprint density at radius 3 is 2.81 bits per heavy atom. The van der Waals surface area contributed by atoms with E-state index >= 15 is 0 Å². The lowest BCUT2D eigenvalue weighted by molar-refractivity contribution is 1.49. The number of nitrogen functional groups attached to an aromatic ring is 1. The van der Waals surface area contributed by atoms with Crippen LogP contribution in [-0.4, -0.2) is 0 Å². The molecule has 0 atom stereocenters. The summed E-state index contributed by atoms with van der Waals surface area (Å²) in [7, 11) is 0. The summed E-state index contributed by atoms with van der Waals surface area (Å²) >= 11 is 1.55. The van der Waals surface area contributed by atoms with Crippen molar-refractivity contribution >= 4 is 27.7 Å². The number of nitriles is 1. The van der Waals surface area contributed by atoms with E-state index < -0.39 is 0 Å². The van der Waals surface area contributed by atoms with Gasteiger partial charge in [0.1, 0.15) is 11.1 Å². The summed E-state index contributed by atoms with van der Waals surface area (Å²) in [5, 5.41) is 13.0. The van der Waals surface area contributed by atoms with E-state index in [-0.39, 0.29) is 0 Å². The SMILES string of the molecule is Cc1cc(C#N)c(Nc2ccccc2N)s1. The Morgan fingerprint density at radius 1 is 1.38 bits per heavy atom. The second-order valence-corrected chi connectivity index (χ2v) is 4.68. The molecule has 4 heteroatoms. The van der Waals surface area contributed by atoms with Gasteiger partial charge in [-0.2, -0.15) is 5.26 Å². The van der Waals surface area contributed by atoms with E-state index in [2.05, 4.69) is 11.4 Å². The molecule has 0 radical (unpaired) electrons. The van der Waals surface area contributed by atoms with Crippen LogP contribution in [0.3, 0.4) is 0 Å². The van der Waals surface area contributed by atoms with E-state index in [1.54, 1.807) is 11.3 Å². The molecule has 0 saturated heterocycles. The van der Waals surface area contributed by atoms with Gasteiger partial charge >= 0.3 is 0 Å². The van der Waals surface area contributed by atoms with Gasteiger partial charge < -0.3 is 11.1 Å². The van der Waals surface area contributed by atoms with Crippen LogP contribution in [0.4, 0.5) is 16.4 Å². The van der Waals surface area contributed by atoms with Crippen molar-refractivity contribution in [3.05, 3.63) is 40.8 Å². The first-order valence-corrected chi connectivity index (χ1v) is 5.64. The summed E-state index contributed by atoms with van der Waals surface area (Å²) in [6.45, 7) is 1.98. The van der Waals surface area contributed by atoms with E-state index in [0.29, 0.717) is 11.3 Å². The molecule has 2 rings (SSSR count). The molecule has 2 aromatic rings. The molecular formula is C12H11N3S. The lowest BCUT2D eigenvalue weighted by Crippen LogP contribution is -1.95. The van der Waals surface area contributed by atoms with Crippen LogP contribution >= 0.6 is 11.3 Å². The number of nitrogens with one attached hydrogen (secondary N) is 1. The minimum atomic E-state index is 0.658. The summed E-state index contributed by atoms with van der Waals surface area (Å²) in [6.07, 6.45) is 0. The summed E-state index contributed by atoms with van der Waals surface area (Å²) in [5.74, 6) is 0. The largest absolute Gasteiger partial charge is 0.397 e. The van der Waals surface area contributed by atoms with Gasteiger partial charge in [0.2, 0.25) is 0 Å². The van der Waals surface area contributed by atoms with Gasteiger partial charge in [0.15, 0.2) is 0 Å². The fourth-order valence-corrected chi connectivity index (χ4v) is 2.30. The van der Waals surface area contributed by atoms with E-state index in [0.717, 1.165) is 15.6 Å². The first-order valence-electron chi connectivity index (χ1n) is 4.83. The topological polar surface area (TPSA) is 61.8 Å². The highest BCUT2D eigenvalue weighted by molar-refractivity contribution is 7.16. The molecule has 80 valence electrons. The van der Waals surface area contributed by atoms with Crippen LogP contribution < -0.4 is 11.1 Å². The zero-order chi connectivity index (χ0) is 11.5. The summed E-state index contributed by atoms with van der Waals surface area (Å²) in [6, 6.07) is 11.5. The molecule has 0 aliphatic rings. The number of para-hydroxylation sites is 2. The van der Waals surface area contributed by atoms with Gasteiger partial charge in [0.25, 0.3) is 0 Å². The molecule has 3 nitrogen and oxygen atoms in total. The maximum Gasteiger partial charge on any atom is 0.111 e. The van der Waals surface area contributed by atoms with E-state index in [4.69, 9.17) is 11.0 Å². The van der Waals surface area contributed by atoms with Crippen molar-refractivity contribution < 1.29 is 0 Å². The first kappa shape index (κ1) is 10.5. The predicted octanol–water partition coefficient (Wildman–Crippen LogP) is 3.25. The maximum absolute atomic E-state index is 8.96. The first-order chi connectivity index (χ1) is 7.70. The number of thiophene rings is 1. The van der Waals surface area contributed by atoms with Crippen LogP contribution in [0.2, 0.25) is 0 Å². The van der Waals surface area contributed by atoms with Crippen LogP contribution in [0.1, 0.15) is 10.4 Å². The third kappa shape index (κ3) is 2.00. The van der Waals surface area contributed by atoms with Crippen molar-refractivity contribution in [2.24, 2.45) is 0 Å². The maximum atomic E-state index is 8.96. The molecule has 0 unspecified atom stereocenters. The molecule has 0 aliphatic heterocycles. The molecule has 0 bridgehead atoms. The molecule has 16 heavy (non-hydrogen) atoms. The average Bonchev–Trinajstić information content (AvgIpc) is 2.62. The third-order valence-electron chi connectivity index (χ3n) is 2.18. The number of aryl methyl sites for hydroxylation is 1. The van der Waals surface area contributed by atoms with Crippen LogP contribution in [0.5, 0.6) is 0 Å². The molecule has 3 N–H and O–H groups in total. The summed E-state index contributed by atoms with van der Waals surface area (Å²) in [4.78, 5) is 1.11. The highest BCUT2D eigenvalue weighted by Gasteiger charge is 2.07. The van der Waals surface area contributed by atoms with Crippen molar-refractivity contribution in [3.63, 3.8) is 0 Å². The fraction of sp³-hybridized carbons (Fsp3) is 0.0833. The highest BCUT2D eigenvalue weighted by Crippen LogP contribution is 2.31. The Morgan fingerprint density at radius 2 is 2.12 bits per heavy atom. The standard InChI is InChI=1S/C12H11N3S/c1-8-6-9(7-13)12(16-8)15-11-5-3-2-4-10(11)14/h2-6,15H,14H2,1H3. The zero-order valence-corrected chi connectivity index (χ0v) is 9.64. The van der Waals surface area contributed by atoms with E-state index in [9.17, 15) is 0 Å². The minimum Gasteiger partial charge on any atom is -0.397 e. The van der Waals surface area contributed by atoms with Crippen molar-refractivity contribution in [2.45, 2.75) is 6.92 Å². The molecule has 0 aliphatic carbocycles. The normalized spacial score (nSPS) is 9.75. The summed E-state index contributed by atoms with van der Waals surface area (Å²) in [5.41, 5.74) is 8.00. The smallest absolute Gasteiger partial charge is 0.111 e. The van der Waals surface area contributed by atoms with Gasteiger partial charge in [0, 0.05) is 4.88 Å². The van der Waals surface area contributed by atoms with Gasteiger partial charge in [-0.3, -0.25) is 0 Å². The van der Waals surface area contributed by atoms with Crippen molar-refractivity contribution in [1.29, 1.82) is 5.26 Å². The number of benzene rings is 1. The predicted molar refractivity (Wildman–Crippen MR) is 67.9 cm³/mol. The van der Waals surface area contributed by atoms with Gasteiger partial charge in [-0.1, -0.05) is 12.1 Å². The molecule has 0 spiro atoms. The van der Waals surface area contributed by atoms with Gasteiger partial charge in [0.05, 0.1) is 16.9 Å². The Balaban J connectivity index is 2.35. The Labute approximate surface area is 98.1 Å². The molecule has 1 aromatic heterocycles. The second kappa shape index (κ2) is 4.25. The Hall–Kier alpha value is -1.99. The lowest BCUT2D eigenvalue weighted by atomic mass is 10.2. The molecule has 1 heterocycles. The Kier molecular flexibility index (Phi) is 2.80. The summed E-state index contributed by atoms with van der Waals surface area (Å²) < 4.78 is 0. The number of hydrogen-bond donors (Lipinski definition) is 2. The number of nitrogens with two attached hydrogens (primary N) is 1. The number of hydrogen-bond acceptors (Lipinski definition) is 4. The number of nitrogens with zero attached hydrogens (tertiary/aromatic N) is 1. The third-order valence-corrected chi connectivity index (χ3v) is 3.15. The zero-order valence-electron chi connectivity index (χ0n) is 8.82. The van der Waals surface area contributed by atoms with Gasteiger partial charge in [-0.05, 0) is 25.1 Å². The van der Waals surface area contributed by atoms with Crippen molar-refractivity contribution in [1.82, 2.24) is 0 Å². The van der Waals surface area contributed by atoms with Crippen molar-refractivity contribution in [2.75, 3.05) is 11.1 Å². The lowest BCUT2D eigenvalue weighted by Gasteiger charge is -2.06. The van der Waals surface area contributed by atoms with Gasteiger partial charge in [-0.25, -0.2) is 0 Å². The van der Waals surface area contributed by atoms with E-state index in [1.165, 1.54) is 0 Å². The van der Waals surface area contributed by atoms with Crippen molar-refractivity contribution in [3.8, 4) is 6.07 Å². The highest BCUT2D eigenvalue weighted by atomic mass is 32.1. The Bertz CT molecular complexity index is 552. The molecule has 0 saturated carbocycles. The minimum absolute atomic E-state index is 0.658. The molecule has 0 amide bonds. The van der Waals surface area contributed by atoms with Crippen LogP contribution in [0.25, 0.3) is 0 Å². The fourth-order valence-electron chi connectivity index (χ4n) is 1.42. The second-order valence-electron chi connectivity index (χ2n) is 3.42. The van der Waals surface area contributed by atoms with Crippen LogP contribution in [0.15, 0.2) is 30.3 Å². The number of rotatable bonds is 2. The molecule has 1 aromatic carbocycles.